The maximum Gasteiger partial charge on any atom is 0.0506 e. The highest BCUT2D eigenvalue weighted by Gasteiger charge is 2.20. The predicted molar refractivity (Wildman–Crippen MR) is 58.4 cm³/mol. The fraction of sp³-hybridized carbons (Fsp3) is 1.00. The highest BCUT2D eigenvalue weighted by molar-refractivity contribution is 4.73. The van der Waals surface area contributed by atoms with Gasteiger partial charge in [-0.3, -0.25) is 0 Å². The van der Waals surface area contributed by atoms with Crippen LogP contribution in [0.4, 0.5) is 0 Å². The summed E-state index contributed by atoms with van der Waals surface area (Å²) < 4.78 is 5.45. The molecule has 2 fully saturated rings. The average molecular weight is 197 g/mol. The van der Waals surface area contributed by atoms with Crippen molar-refractivity contribution in [2.24, 2.45) is 11.8 Å². The molecule has 2 rings (SSSR count). The minimum Gasteiger partial charge on any atom is -0.381 e. The molecular formula is C12H23NO. The zero-order chi connectivity index (χ0) is 9.64. The summed E-state index contributed by atoms with van der Waals surface area (Å²) in [5.41, 5.74) is 0. The van der Waals surface area contributed by atoms with Crippen LogP contribution in [0.15, 0.2) is 0 Å². The van der Waals surface area contributed by atoms with Gasteiger partial charge in [0.15, 0.2) is 0 Å². The van der Waals surface area contributed by atoms with E-state index in [9.17, 15) is 0 Å². The summed E-state index contributed by atoms with van der Waals surface area (Å²) in [4.78, 5) is 0. The van der Waals surface area contributed by atoms with Gasteiger partial charge in [-0.15, -0.1) is 0 Å². The first-order chi connectivity index (χ1) is 6.95. The van der Waals surface area contributed by atoms with Crippen molar-refractivity contribution in [1.29, 1.82) is 0 Å². The van der Waals surface area contributed by atoms with Crippen LogP contribution in [0.25, 0.3) is 0 Å². The highest BCUT2D eigenvalue weighted by Crippen LogP contribution is 2.33. The zero-order valence-corrected chi connectivity index (χ0v) is 9.13. The maximum absolute atomic E-state index is 5.45. The van der Waals surface area contributed by atoms with E-state index in [4.69, 9.17) is 4.74 Å². The van der Waals surface area contributed by atoms with Gasteiger partial charge in [-0.05, 0) is 44.1 Å². The minimum absolute atomic E-state index is 0.782. The van der Waals surface area contributed by atoms with Crippen LogP contribution in [0, 0.1) is 11.8 Å². The van der Waals surface area contributed by atoms with E-state index in [-0.39, 0.29) is 0 Å². The molecule has 82 valence electrons. The van der Waals surface area contributed by atoms with Gasteiger partial charge in [-0.2, -0.15) is 0 Å². The number of hydrogen-bond acceptors (Lipinski definition) is 2. The van der Waals surface area contributed by atoms with Crippen LogP contribution < -0.4 is 5.32 Å². The van der Waals surface area contributed by atoms with Crippen molar-refractivity contribution >= 4 is 0 Å². The van der Waals surface area contributed by atoms with E-state index in [1.807, 2.05) is 0 Å². The van der Waals surface area contributed by atoms with Crippen molar-refractivity contribution in [2.75, 3.05) is 26.3 Å². The quantitative estimate of drug-likeness (QED) is 0.659. The monoisotopic (exact) mass is 197 g/mol. The third-order valence-corrected chi connectivity index (χ3v) is 3.35. The Balaban J connectivity index is 1.41. The second-order valence-electron chi connectivity index (χ2n) is 4.87. The molecule has 2 aliphatic rings. The Bertz CT molecular complexity index is 150. The van der Waals surface area contributed by atoms with Crippen LogP contribution >= 0.6 is 0 Å². The number of nitrogens with one attached hydrogen (secondary N) is 1. The van der Waals surface area contributed by atoms with Gasteiger partial charge in [-0.25, -0.2) is 0 Å². The first-order valence-corrected chi connectivity index (χ1v) is 6.23. The van der Waals surface area contributed by atoms with E-state index >= 15 is 0 Å². The van der Waals surface area contributed by atoms with E-state index in [0.717, 1.165) is 25.0 Å². The lowest BCUT2D eigenvalue weighted by molar-refractivity contribution is 0.0549. The Morgan fingerprint density at radius 3 is 2.79 bits per heavy atom. The molecule has 0 radical (unpaired) electrons. The molecule has 0 aromatic rings. The lowest BCUT2D eigenvalue weighted by Crippen LogP contribution is -2.29. The Morgan fingerprint density at radius 1 is 1.14 bits per heavy atom. The number of hydrogen-bond donors (Lipinski definition) is 1. The molecular weight excluding hydrogens is 174 g/mol. The van der Waals surface area contributed by atoms with Crippen molar-refractivity contribution < 1.29 is 4.74 Å². The van der Waals surface area contributed by atoms with E-state index in [2.05, 4.69) is 5.32 Å². The smallest absolute Gasteiger partial charge is 0.0506 e. The normalized spacial score (nSPS) is 27.9. The molecule has 0 bridgehead atoms. The molecule has 0 aromatic heterocycles. The van der Waals surface area contributed by atoms with Gasteiger partial charge in [0.25, 0.3) is 0 Å². The van der Waals surface area contributed by atoms with Crippen LogP contribution in [0.2, 0.25) is 0 Å². The molecule has 0 aromatic carbocycles. The van der Waals surface area contributed by atoms with Gasteiger partial charge in [-0.1, -0.05) is 12.8 Å². The minimum atomic E-state index is 0.782. The lowest BCUT2D eigenvalue weighted by Gasteiger charge is -2.22. The third-order valence-electron chi connectivity index (χ3n) is 3.35. The Kier molecular flexibility index (Phi) is 4.26. The summed E-state index contributed by atoms with van der Waals surface area (Å²) in [6, 6.07) is 0. The van der Waals surface area contributed by atoms with Crippen molar-refractivity contribution in [2.45, 2.75) is 38.5 Å². The van der Waals surface area contributed by atoms with Gasteiger partial charge in [0.05, 0.1) is 6.61 Å². The van der Waals surface area contributed by atoms with Crippen molar-refractivity contribution in [3.8, 4) is 0 Å². The molecule has 1 heterocycles. The Labute approximate surface area is 87.4 Å². The first-order valence-electron chi connectivity index (χ1n) is 6.23. The molecule has 2 nitrogen and oxygen atoms in total. The molecule has 1 N–H and O–H groups in total. The first kappa shape index (κ1) is 10.4. The van der Waals surface area contributed by atoms with Crippen LogP contribution in [0.3, 0.4) is 0 Å². The largest absolute Gasteiger partial charge is 0.381 e. The van der Waals surface area contributed by atoms with Crippen molar-refractivity contribution in [3.63, 3.8) is 0 Å². The molecule has 14 heavy (non-hydrogen) atoms. The lowest BCUT2D eigenvalue weighted by atomic mass is 10.0. The molecule has 1 aliphatic carbocycles. The van der Waals surface area contributed by atoms with Crippen LogP contribution in [0.1, 0.15) is 38.5 Å². The topological polar surface area (TPSA) is 21.3 Å². The summed E-state index contributed by atoms with van der Waals surface area (Å²) in [7, 11) is 0. The summed E-state index contributed by atoms with van der Waals surface area (Å²) in [5, 5.41) is 3.56. The Morgan fingerprint density at radius 2 is 2.07 bits per heavy atom. The highest BCUT2D eigenvalue weighted by atomic mass is 16.5. The van der Waals surface area contributed by atoms with E-state index in [0.29, 0.717) is 0 Å². The molecule has 0 amide bonds. The van der Waals surface area contributed by atoms with E-state index in [1.165, 1.54) is 51.6 Å². The van der Waals surface area contributed by atoms with Crippen LogP contribution in [0.5, 0.6) is 0 Å². The average Bonchev–Trinajstić information content (AvgIpc) is 3.03. The molecule has 0 spiro atoms. The molecule has 1 atom stereocenters. The van der Waals surface area contributed by atoms with Gasteiger partial charge in [0.1, 0.15) is 0 Å². The van der Waals surface area contributed by atoms with Crippen LogP contribution in [-0.2, 0) is 4.74 Å². The SMILES string of the molecule is C(CNCC1CCCOC1)CC1CC1. The second kappa shape index (κ2) is 5.72. The zero-order valence-electron chi connectivity index (χ0n) is 9.13. The summed E-state index contributed by atoms with van der Waals surface area (Å²) in [6.07, 6.45) is 8.43. The third kappa shape index (κ3) is 3.97. The Hall–Kier alpha value is -0.0800. The molecule has 1 saturated heterocycles. The molecule has 2 heteroatoms. The fourth-order valence-corrected chi connectivity index (χ4v) is 2.20. The van der Waals surface area contributed by atoms with Crippen molar-refractivity contribution in [3.05, 3.63) is 0 Å². The van der Waals surface area contributed by atoms with Gasteiger partial charge >= 0.3 is 0 Å². The van der Waals surface area contributed by atoms with E-state index in [1.54, 1.807) is 0 Å². The fourth-order valence-electron chi connectivity index (χ4n) is 2.20. The molecule has 1 saturated carbocycles. The molecule has 1 aliphatic heterocycles. The summed E-state index contributed by atoms with van der Waals surface area (Å²) >= 11 is 0. The number of ether oxygens (including phenoxy) is 1. The summed E-state index contributed by atoms with van der Waals surface area (Å²) in [6.45, 7) is 4.35. The van der Waals surface area contributed by atoms with Gasteiger partial charge < -0.3 is 10.1 Å². The van der Waals surface area contributed by atoms with E-state index < -0.39 is 0 Å². The van der Waals surface area contributed by atoms with Gasteiger partial charge in [0.2, 0.25) is 0 Å². The standard InChI is InChI=1S/C12H23NO/c1(3-11-5-6-11)7-13-9-12-4-2-8-14-10-12/h11-13H,1-10H2. The van der Waals surface area contributed by atoms with Gasteiger partial charge in [0, 0.05) is 13.2 Å². The second-order valence-corrected chi connectivity index (χ2v) is 4.87. The predicted octanol–water partition coefficient (Wildman–Crippen LogP) is 2.19. The van der Waals surface area contributed by atoms with Crippen molar-refractivity contribution in [1.82, 2.24) is 5.32 Å². The maximum atomic E-state index is 5.45. The summed E-state index contributed by atoms with van der Waals surface area (Å²) in [5.74, 6) is 1.87. The number of rotatable bonds is 6. The molecule has 1 unspecified atom stereocenters. The van der Waals surface area contributed by atoms with Crippen LogP contribution in [-0.4, -0.2) is 26.3 Å².